The first-order chi connectivity index (χ1) is 8.85. The fraction of sp³-hybridized carbons (Fsp3) is 0.312. The fourth-order valence-electron chi connectivity index (χ4n) is 2.15. The molecule has 2 rings (SSSR count). The molecule has 98 valence electrons. The number of carbonyl (C=O) groups is 1. The Kier molecular flexibility index (Phi) is 3.53. The number of ketones is 1. The van der Waals surface area contributed by atoms with Crippen molar-refractivity contribution >= 4 is 5.78 Å². The van der Waals surface area contributed by atoms with Gasteiger partial charge in [-0.2, -0.15) is 0 Å². The van der Waals surface area contributed by atoms with Crippen LogP contribution in [-0.4, -0.2) is 5.78 Å². The van der Waals surface area contributed by atoms with Gasteiger partial charge in [0.15, 0.2) is 17.4 Å². The lowest BCUT2D eigenvalue weighted by molar-refractivity contribution is -0.116. The summed E-state index contributed by atoms with van der Waals surface area (Å²) >= 11 is 0. The predicted octanol–water partition coefficient (Wildman–Crippen LogP) is 3.63. The van der Waals surface area contributed by atoms with Crippen LogP contribution in [-0.2, 0) is 4.79 Å². The largest absolute Gasteiger partial charge is 0.295 e. The SMILES string of the molecule is CC1(C)CC(=O)C=C(C#Cc2ccc(F)c(F)c2)C1. The molecular weight excluding hydrogens is 246 g/mol. The van der Waals surface area contributed by atoms with Crippen molar-refractivity contribution in [1.82, 2.24) is 0 Å². The predicted molar refractivity (Wildman–Crippen MR) is 69.3 cm³/mol. The summed E-state index contributed by atoms with van der Waals surface area (Å²) in [5.74, 6) is 3.89. The third-order valence-electron chi connectivity index (χ3n) is 2.94. The highest BCUT2D eigenvalue weighted by Gasteiger charge is 2.26. The van der Waals surface area contributed by atoms with E-state index < -0.39 is 11.6 Å². The smallest absolute Gasteiger partial charge is 0.160 e. The van der Waals surface area contributed by atoms with E-state index in [1.54, 1.807) is 0 Å². The van der Waals surface area contributed by atoms with Gasteiger partial charge in [0, 0.05) is 17.6 Å². The molecular formula is C16H14F2O. The Morgan fingerprint density at radius 1 is 1.11 bits per heavy atom. The van der Waals surface area contributed by atoms with Gasteiger partial charge in [0.1, 0.15) is 0 Å². The summed E-state index contributed by atoms with van der Waals surface area (Å²) in [7, 11) is 0. The molecule has 0 N–H and O–H groups in total. The lowest BCUT2D eigenvalue weighted by Crippen LogP contribution is -2.21. The number of carbonyl (C=O) groups excluding carboxylic acids is 1. The van der Waals surface area contributed by atoms with Crippen LogP contribution >= 0.6 is 0 Å². The molecule has 19 heavy (non-hydrogen) atoms. The monoisotopic (exact) mass is 260 g/mol. The zero-order chi connectivity index (χ0) is 14.0. The molecule has 0 bridgehead atoms. The van der Waals surface area contributed by atoms with Gasteiger partial charge in [-0.3, -0.25) is 4.79 Å². The third kappa shape index (κ3) is 3.51. The van der Waals surface area contributed by atoms with Gasteiger partial charge in [-0.15, -0.1) is 0 Å². The van der Waals surface area contributed by atoms with E-state index in [4.69, 9.17) is 0 Å². The second kappa shape index (κ2) is 4.97. The summed E-state index contributed by atoms with van der Waals surface area (Å²) in [6.07, 6.45) is 2.77. The quantitative estimate of drug-likeness (QED) is 0.651. The van der Waals surface area contributed by atoms with Gasteiger partial charge in [-0.25, -0.2) is 8.78 Å². The van der Waals surface area contributed by atoms with E-state index in [9.17, 15) is 13.6 Å². The van der Waals surface area contributed by atoms with Crippen LogP contribution in [0.3, 0.4) is 0 Å². The van der Waals surface area contributed by atoms with Crippen LogP contribution in [0.2, 0.25) is 0 Å². The first-order valence-electron chi connectivity index (χ1n) is 6.06. The number of rotatable bonds is 0. The van der Waals surface area contributed by atoms with Crippen LogP contribution in [0.5, 0.6) is 0 Å². The van der Waals surface area contributed by atoms with Crippen molar-refractivity contribution in [2.24, 2.45) is 5.41 Å². The molecule has 1 aromatic rings. The van der Waals surface area contributed by atoms with E-state index in [0.29, 0.717) is 12.0 Å². The topological polar surface area (TPSA) is 17.1 Å². The van der Waals surface area contributed by atoms with Gasteiger partial charge in [0.25, 0.3) is 0 Å². The van der Waals surface area contributed by atoms with E-state index in [2.05, 4.69) is 11.8 Å². The molecule has 3 heteroatoms. The zero-order valence-electron chi connectivity index (χ0n) is 10.9. The van der Waals surface area contributed by atoms with Crippen molar-refractivity contribution in [2.45, 2.75) is 26.7 Å². The number of benzene rings is 1. The molecule has 0 heterocycles. The van der Waals surface area contributed by atoms with Crippen molar-refractivity contribution in [3.8, 4) is 11.8 Å². The van der Waals surface area contributed by atoms with E-state index in [1.807, 2.05) is 13.8 Å². The summed E-state index contributed by atoms with van der Waals surface area (Å²) in [5.41, 5.74) is 1.05. The maximum absolute atomic E-state index is 13.0. The first kappa shape index (κ1) is 13.5. The van der Waals surface area contributed by atoms with Crippen molar-refractivity contribution in [2.75, 3.05) is 0 Å². The van der Waals surface area contributed by atoms with Crippen LogP contribution in [0.1, 0.15) is 32.3 Å². The molecule has 0 radical (unpaired) electrons. The van der Waals surface area contributed by atoms with Crippen LogP contribution in [0, 0.1) is 28.9 Å². The average molecular weight is 260 g/mol. The molecule has 1 nitrogen and oxygen atoms in total. The molecule has 0 unspecified atom stereocenters. The van der Waals surface area contributed by atoms with Gasteiger partial charge in [-0.05, 0) is 36.1 Å². The normalized spacial score (nSPS) is 17.5. The number of hydrogen-bond acceptors (Lipinski definition) is 1. The Labute approximate surface area is 111 Å². The zero-order valence-corrected chi connectivity index (χ0v) is 10.9. The van der Waals surface area contributed by atoms with Crippen molar-refractivity contribution in [3.63, 3.8) is 0 Å². The average Bonchev–Trinajstić information content (AvgIpc) is 2.28. The Morgan fingerprint density at radius 2 is 1.84 bits per heavy atom. The Hall–Kier alpha value is -1.95. The van der Waals surface area contributed by atoms with Crippen molar-refractivity contribution in [1.29, 1.82) is 0 Å². The van der Waals surface area contributed by atoms with Crippen LogP contribution in [0.4, 0.5) is 8.78 Å². The van der Waals surface area contributed by atoms with Gasteiger partial charge >= 0.3 is 0 Å². The summed E-state index contributed by atoms with van der Waals surface area (Å²) in [5, 5.41) is 0. The summed E-state index contributed by atoms with van der Waals surface area (Å²) < 4.78 is 25.8. The molecule has 0 spiro atoms. The van der Waals surface area contributed by atoms with Gasteiger partial charge < -0.3 is 0 Å². The van der Waals surface area contributed by atoms with Gasteiger partial charge in [0.2, 0.25) is 0 Å². The third-order valence-corrected chi connectivity index (χ3v) is 2.94. The molecule has 0 saturated heterocycles. The van der Waals surface area contributed by atoms with Crippen molar-refractivity contribution in [3.05, 3.63) is 47.0 Å². The van der Waals surface area contributed by atoms with E-state index in [0.717, 1.165) is 24.1 Å². The molecule has 1 aliphatic carbocycles. The maximum Gasteiger partial charge on any atom is 0.160 e. The second-order valence-corrected chi connectivity index (χ2v) is 5.53. The molecule has 0 saturated carbocycles. The Balaban J connectivity index is 2.24. The molecule has 0 amide bonds. The van der Waals surface area contributed by atoms with Crippen LogP contribution < -0.4 is 0 Å². The highest BCUT2D eigenvalue weighted by atomic mass is 19.2. The Morgan fingerprint density at radius 3 is 2.47 bits per heavy atom. The molecule has 0 aromatic heterocycles. The summed E-state index contributed by atoms with van der Waals surface area (Å²) in [6, 6.07) is 3.52. The number of allylic oxidation sites excluding steroid dienone is 2. The molecule has 0 aliphatic heterocycles. The minimum atomic E-state index is -0.916. The Bertz CT molecular complexity index is 615. The van der Waals surface area contributed by atoms with Crippen LogP contribution in [0.25, 0.3) is 0 Å². The fourth-order valence-corrected chi connectivity index (χ4v) is 2.15. The van der Waals surface area contributed by atoms with Gasteiger partial charge in [0.05, 0.1) is 0 Å². The number of halogens is 2. The lowest BCUT2D eigenvalue weighted by atomic mass is 9.77. The standard InChI is InChI=1S/C16H14F2O/c1-16(2)9-12(7-13(19)10-16)4-3-11-5-6-14(17)15(18)8-11/h5-8H,9-10H2,1-2H3. The lowest BCUT2D eigenvalue weighted by Gasteiger charge is -2.26. The summed E-state index contributed by atoms with van der Waals surface area (Å²) in [4.78, 5) is 11.5. The highest BCUT2D eigenvalue weighted by Crippen LogP contribution is 2.33. The minimum absolute atomic E-state index is 0.0610. The van der Waals surface area contributed by atoms with Gasteiger partial charge in [-0.1, -0.05) is 25.7 Å². The highest BCUT2D eigenvalue weighted by molar-refractivity contribution is 5.92. The molecule has 0 atom stereocenters. The second-order valence-electron chi connectivity index (χ2n) is 5.53. The summed E-state index contributed by atoms with van der Waals surface area (Å²) in [6.45, 7) is 4.02. The first-order valence-corrected chi connectivity index (χ1v) is 6.06. The molecule has 0 fully saturated rings. The van der Waals surface area contributed by atoms with E-state index >= 15 is 0 Å². The molecule has 1 aliphatic rings. The van der Waals surface area contributed by atoms with E-state index in [1.165, 1.54) is 12.1 Å². The van der Waals surface area contributed by atoms with E-state index in [-0.39, 0.29) is 11.2 Å². The maximum atomic E-state index is 13.0. The molecule has 1 aromatic carbocycles. The van der Waals surface area contributed by atoms with Crippen LogP contribution in [0.15, 0.2) is 29.8 Å². The van der Waals surface area contributed by atoms with Crippen molar-refractivity contribution < 1.29 is 13.6 Å². The number of hydrogen-bond donors (Lipinski definition) is 0. The minimum Gasteiger partial charge on any atom is -0.295 e.